The first-order valence-corrected chi connectivity index (χ1v) is 6.66. The number of β-amino-alcohol motifs (C(OH)–C–C–N with tert-alkyl or cyclic N) is 1. The van der Waals surface area contributed by atoms with Crippen molar-refractivity contribution < 1.29 is 14.7 Å². The SMILES string of the molecule is NC(=O)c1cccc(CNC(=O)N2CCC[C@@H](O)C2)c1. The number of likely N-dealkylation sites (tertiary alicyclic amines) is 1. The molecule has 1 aromatic rings. The third kappa shape index (κ3) is 3.71. The Labute approximate surface area is 117 Å². The van der Waals surface area contributed by atoms with Crippen LogP contribution in [0.3, 0.4) is 0 Å². The number of aliphatic hydroxyl groups excluding tert-OH is 1. The van der Waals surface area contributed by atoms with E-state index in [1.165, 1.54) is 0 Å². The van der Waals surface area contributed by atoms with Crippen LogP contribution in [-0.2, 0) is 6.54 Å². The number of rotatable bonds is 3. The van der Waals surface area contributed by atoms with Gasteiger partial charge in [-0.3, -0.25) is 4.79 Å². The van der Waals surface area contributed by atoms with Crippen LogP contribution in [0, 0.1) is 0 Å². The van der Waals surface area contributed by atoms with Crippen molar-refractivity contribution >= 4 is 11.9 Å². The zero-order valence-electron chi connectivity index (χ0n) is 11.2. The molecule has 0 spiro atoms. The summed E-state index contributed by atoms with van der Waals surface area (Å²) in [5.74, 6) is -0.489. The van der Waals surface area contributed by atoms with Gasteiger partial charge in [0.15, 0.2) is 0 Å². The van der Waals surface area contributed by atoms with Gasteiger partial charge in [0.05, 0.1) is 6.10 Å². The standard InChI is InChI=1S/C14H19N3O3/c15-13(19)11-4-1-3-10(7-11)8-16-14(20)17-6-2-5-12(18)9-17/h1,3-4,7,12,18H,2,5-6,8-9H2,(H2,15,19)(H,16,20)/t12-/m1/s1. The molecule has 0 aromatic heterocycles. The number of nitrogens with zero attached hydrogens (tertiary/aromatic N) is 1. The summed E-state index contributed by atoms with van der Waals surface area (Å²) < 4.78 is 0. The highest BCUT2D eigenvalue weighted by Crippen LogP contribution is 2.10. The number of aliphatic hydroxyl groups is 1. The minimum Gasteiger partial charge on any atom is -0.391 e. The van der Waals surface area contributed by atoms with E-state index in [0.717, 1.165) is 18.4 Å². The Morgan fingerprint density at radius 3 is 2.95 bits per heavy atom. The number of hydrogen-bond donors (Lipinski definition) is 3. The molecule has 108 valence electrons. The van der Waals surface area contributed by atoms with Gasteiger partial charge >= 0.3 is 6.03 Å². The third-order valence-corrected chi connectivity index (χ3v) is 3.34. The summed E-state index contributed by atoms with van der Waals surface area (Å²) in [4.78, 5) is 24.6. The van der Waals surface area contributed by atoms with E-state index < -0.39 is 12.0 Å². The van der Waals surface area contributed by atoms with Crippen molar-refractivity contribution in [2.24, 2.45) is 5.73 Å². The fourth-order valence-corrected chi connectivity index (χ4v) is 2.26. The molecule has 1 aromatic carbocycles. The Hall–Kier alpha value is -2.08. The molecule has 2 rings (SSSR count). The lowest BCUT2D eigenvalue weighted by molar-refractivity contribution is 0.0841. The van der Waals surface area contributed by atoms with Gasteiger partial charge in [0, 0.05) is 25.2 Å². The fraction of sp³-hybridized carbons (Fsp3) is 0.429. The molecule has 0 saturated carbocycles. The van der Waals surface area contributed by atoms with Crippen molar-refractivity contribution in [2.75, 3.05) is 13.1 Å². The molecule has 4 N–H and O–H groups in total. The van der Waals surface area contributed by atoms with Crippen LogP contribution in [0.25, 0.3) is 0 Å². The summed E-state index contributed by atoms with van der Waals surface area (Å²) in [5, 5.41) is 12.3. The number of amides is 3. The molecule has 6 nitrogen and oxygen atoms in total. The average molecular weight is 277 g/mol. The van der Waals surface area contributed by atoms with E-state index >= 15 is 0 Å². The highest BCUT2D eigenvalue weighted by atomic mass is 16.3. The zero-order valence-corrected chi connectivity index (χ0v) is 11.2. The maximum Gasteiger partial charge on any atom is 0.317 e. The van der Waals surface area contributed by atoms with Gasteiger partial charge in [-0.1, -0.05) is 12.1 Å². The van der Waals surface area contributed by atoms with Crippen molar-refractivity contribution in [3.05, 3.63) is 35.4 Å². The monoisotopic (exact) mass is 277 g/mol. The number of primary amides is 1. The van der Waals surface area contributed by atoms with Gasteiger partial charge in [0.2, 0.25) is 5.91 Å². The van der Waals surface area contributed by atoms with Crippen LogP contribution in [0.5, 0.6) is 0 Å². The van der Waals surface area contributed by atoms with E-state index in [2.05, 4.69) is 5.32 Å². The Morgan fingerprint density at radius 2 is 2.25 bits per heavy atom. The van der Waals surface area contributed by atoms with Crippen molar-refractivity contribution in [1.29, 1.82) is 0 Å². The Balaban J connectivity index is 1.89. The van der Waals surface area contributed by atoms with Crippen LogP contribution >= 0.6 is 0 Å². The van der Waals surface area contributed by atoms with E-state index in [9.17, 15) is 14.7 Å². The predicted octanol–water partition coefficient (Wildman–Crippen LogP) is 0.452. The van der Waals surface area contributed by atoms with Gasteiger partial charge < -0.3 is 21.1 Å². The van der Waals surface area contributed by atoms with Crippen LogP contribution in [0.1, 0.15) is 28.8 Å². The van der Waals surface area contributed by atoms with E-state index in [1.807, 2.05) is 6.07 Å². The lowest BCUT2D eigenvalue weighted by Gasteiger charge is -2.30. The molecule has 1 aliphatic rings. The molecular formula is C14H19N3O3. The number of carbonyl (C=O) groups excluding carboxylic acids is 2. The van der Waals surface area contributed by atoms with E-state index in [-0.39, 0.29) is 6.03 Å². The van der Waals surface area contributed by atoms with Gasteiger partial charge in [-0.2, -0.15) is 0 Å². The highest BCUT2D eigenvalue weighted by Gasteiger charge is 2.21. The minimum atomic E-state index is -0.489. The lowest BCUT2D eigenvalue weighted by atomic mass is 10.1. The first-order chi connectivity index (χ1) is 9.56. The maximum atomic E-state index is 11.9. The molecule has 0 radical (unpaired) electrons. The molecule has 6 heteroatoms. The Morgan fingerprint density at radius 1 is 1.45 bits per heavy atom. The molecule has 0 unspecified atom stereocenters. The molecule has 1 atom stereocenters. The number of hydrogen-bond acceptors (Lipinski definition) is 3. The van der Waals surface area contributed by atoms with Crippen molar-refractivity contribution in [3.8, 4) is 0 Å². The first-order valence-electron chi connectivity index (χ1n) is 6.66. The largest absolute Gasteiger partial charge is 0.391 e. The van der Waals surface area contributed by atoms with E-state index in [4.69, 9.17) is 5.73 Å². The second kappa shape index (κ2) is 6.38. The van der Waals surface area contributed by atoms with Crippen LogP contribution < -0.4 is 11.1 Å². The third-order valence-electron chi connectivity index (χ3n) is 3.34. The van der Waals surface area contributed by atoms with Gasteiger partial charge in [-0.25, -0.2) is 4.79 Å². The molecular weight excluding hydrogens is 258 g/mol. The predicted molar refractivity (Wildman–Crippen MR) is 74.0 cm³/mol. The highest BCUT2D eigenvalue weighted by molar-refractivity contribution is 5.92. The second-order valence-electron chi connectivity index (χ2n) is 4.97. The maximum absolute atomic E-state index is 11.9. The molecule has 1 fully saturated rings. The van der Waals surface area contributed by atoms with Crippen LogP contribution in [0.4, 0.5) is 4.79 Å². The molecule has 3 amide bonds. The van der Waals surface area contributed by atoms with Crippen molar-refractivity contribution in [1.82, 2.24) is 10.2 Å². The second-order valence-corrected chi connectivity index (χ2v) is 4.97. The van der Waals surface area contributed by atoms with Gasteiger partial charge in [-0.05, 0) is 30.5 Å². The summed E-state index contributed by atoms with van der Waals surface area (Å²) in [7, 11) is 0. The van der Waals surface area contributed by atoms with Crippen LogP contribution in [0.2, 0.25) is 0 Å². The molecule has 1 heterocycles. The van der Waals surface area contributed by atoms with E-state index in [0.29, 0.717) is 25.2 Å². The number of piperidine rings is 1. The normalized spacial score (nSPS) is 18.6. The van der Waals surface area contributed by atoms with Crippen LogP contribution in [-0.4, -0.2) is 41.1 Å². The lowest BCUT2D eigenvalue weighted by Crippen LogP contribution is -2.46. The van der Waals surface area contributed by atoms with Crippen molar-refractivity contribution in [2.45, 2.75) is 25.5 Å². The molecule has 20 heavy (non-hydrogen) atoms. The topological polar surface area (TPSA) is 95.7 Å². The quantitative estimate of drug-likeness (QED) is 0.748. The molecule has 1 saturated heterocycles. The number of nitrogens with one attached hydrogen (secondary N) is 1. The van der Waals surface area contributed by atoms with Crippen molar-refractivity contribution in [3.63, 3.8) is 0 Å². The number of urea groups is 1. The average Bonchev–Trinajstić information content (AvgIpc) is 2.45. The molecule has 1 aliphatic heterocycles. The Bertz CT molecular complexity index is 504. The minimum absolute atomic E-state index is 0.201. The first kappa shape index (κ1) is 14.3. The summed E-state index contributed by atoms with van der Waals surface area (Å²) in [6, 6.07) is 6.64. The fourth-order valence-electron chi connectivity index (χ4n) is 2.26. The zero-order chi connectivity index (χ0) is 14.5. The van der Waals surface area contributed by atoms with Crippen LogP contribution in [0.15, 0.2) is 24.3 Å². The molecule has 0 aliphatic carbocycles. The van der Waals surface area contributed by atoms with Gasteiger partial charge in [0.1, 0.15) is 0 Å². The number of nitrogens with two attached hydrogens (primary N) is 1. The summed E-state index contributed by atoms with van der Waals surface area (Å²) >= 11 is 0. The summed E-state index contributed by atoms with van der Waals surface area (Å²) in [6.07, 6.45) is 1.11. The summed E-state index contributed by atoms with van der Waals surface area (Å²) in [5.41, 5.74) is 6.44. The number of carbonyl (C=O) groups is 2. The van der Waals surface area contributed by atoms with Gasteiger partial charge in [0.25, 0.3) is 0 Å². The number of benzene rings is 1. The Kier molecular flexibility index (Phi) is 4.57. The summed E-state index contributed by atoms with van der Waals surface area (Å²) in [6.45, 7) is 1.35. The smallest absolute Gasteiger partial charge is 0.317 e. The van der Waals surface area contributed by atoms with Gasteiger partial charge in [-0.15, -0.1) is 0 Å². The van der Waals surface area contributed by atoms with E-state index in [1.54, 1.807) is 23.1 Å². The molecule has 0 bridgehead atoms.